The number of aromatic nitrogens is 1. The number of carbonyl (C=O) groups is 1. The highest BCUT2D eigenvalue weighted by Crippen LogP contribution is 2.19. The van der Waals surface area contributed by atoms with Crippen molar-refractivity contribution in [3.8, 4) is 5.75 Å². The van der Waals surface area contributed by atoms with Crippen molar-refractivity contribution in [3.63, 3.8) is 0 Å². The van der Waals surface area contributed by atoms with Gasteiger partial charge in [0.05, 0.1) is 5.56 Å². The predicted molar refractivity (Wildman–Crippen MR) is 119 cm³/mol. The third-order valence-electron chi connectivity index (χ3n) is 4.02. The smallest absolute Gasteiger partial charge is 0.261 e. The molecular formula is C22H22N4O2S. The van der Waals surface area contributed by atoms with Crippen LogP contribution in [0.3, 0.4) is 0 Å². The number of nitrogens with one attached hydrogen (secondary N) is 2. The largest absolute Gasteiger partial charge is 0.489 e. The number of hydrogen-bond donors (Lipinski definition) is 2. The molecule has 1 amide bonds. The van der Waals surface area contributed by atoms with Crippen molar-refractivity contribution in [1.29, 1.82) is 0 Å². The minimum absolute atomic E-state index is 0.198. The summed E-state index contributed by atoms with van der Waals surface area (Å²) in [4.78, 5) is 18.6. The second-order valence-corrected chi connectivity index (χ2v) is 6.89. The summed E-state index contributed by atoms with van der Waals surface area (Å²) in [7, 11) is 3.66. The first-order chi connectivity index (χ1) is 14.0. The number of ether oxygens (including phenoxy) is 1. The summed E-state index contributed by atoms with van der Waals surface area (Å²) >= 11 is 5.29. The molecule has 148 valence electrons. The normalized spacial score (nSPS) is 10.1. The lowest BCUT2D eigenvalue weighted by Gasteiger charge is -2.16. The maximum atomic E-state index is 12.6. The van der Waals surface area contributed by atoms with Crippen molar-refractivity contribution in [2.45, 2.75) is 6.61 Å². The number of amides is 1. The molecule has 2 aromatic carbocycles. The van der Waals surface area contributed by atoms with Gasteiger partial charge in [-0.3, -0.25) is 10.1 Å². The molecule has 0 saturated carbocycles. The molecule has 0 fully saturated rings. The van der Waals surface area contributed by atoms with Crippen LogP contribution in [0.5, 0.6) is 5.75 Å². The van der Waals surface area contributed by atoms with Gasteiger partial charge in [-0.2, -0.15) is 0 Å². The Morgan fingerprint density at radius 1 is 1.07 bits per heavy atom. The second-order valence-electron chi connectivity index (χ2n) is 6.48. The van der Waals surface area contributed by atoms with Crippen LogP contribution in [0, 0.1) is 0 Å². The van der Waals surface area contributed by atoms with E-state index in [2.05, 4.69) is 15.6 Å². The van der Waals surface area contributed by atoms with Gasteiger partial charge >= 0.3 is 0 Å². The summed E-state index contributed by atoms with van der Waals surface area (Å²) in [6.45, 7) is 0.472. The highest BCUT2D eigenvalue weighted by atomic mass is 32.1. The number of rotatable bonds is 6. The summed E-state index contributed by atoms with van der Waals surface area (Å²) in [5, 5.41) is 5.90. The van der Waals surface area contributed by atoms with E-state index in [1.54, 1.807) is 23.2 Å². The zero-order valence-corrected chi connectivity index (χ0v) is 17.1. The van der Waals surface area contributed by atoms with Crippen molar-refractivity contribution in [3.05, 3.63) is 84.1 Å². The number of pyridine rings is 1. The van der Waals surface area contributed by atoms with E-state index >= 15 is 0 Å². The average Bonchev–Trinajstić information content (AvgIpc) is 2.73. The Bertz CT molecular complexity index is 993. The highest BCUT2D eigenvalue weighted by Gasteiger charge is 2.15. The third-order valence-corrected chi connectivity index (χ3v) is 4.23. The van der Waals surface area contributed by atoms with Gasteiger partial charge in [-0.15, -0.1) is 0 Å². The molecule has 0 saturated heterocycles. The van der Waals surface area contributed by atoms with E-state index in [0.717, 1.165) is 11.3 Å². The molecule has 1 heterocycles. The molecule has 0 aliphatic carbocycles. The van der Waals surface area contributed by atoms with Crippen molar-refractivity contribution in [1.82, 2.24) is 10.3 Å². The fourth-order valence-electron chi connectivity index (χ4n) is 2.67. The topological polar surface area (TPSA) is 66.5 Å². The van der Waals surface area contributed by atoms with Crippen LogP contribution < -0.4 is 20.3 Å². The summed E-state index contributed by atoms with van der Waals surface area (Å²) in [5.74, 6) is 0.954. The van der Waals surface area contributed by atoms with Gasteiger partial charge in [-0.1, -0.05) is 36.4 Å². The number of anilines is 2. The van der Waals surface area contributed by atoms with Gasteiger partial charge in [-0.05, 0) is 42.0 Å². The Balaban J connectivity index is 1.60. The molecule has 0 spiro atoms. The van der Waals surface area contributed by atoms with Gasteiger partial charge < -0.3 is 15.0 Å². The van der Waals surface area contributed by atoms with Gasteiger partial charge in [-0.25, -0.2) is 4.98 Å². The van der Waals surface area contributed by atoms with E-state index in [9.17, 15) is 4.79 Å². The molecule has 0 unspecified atom stereocenters. The first-order valence-corrected chi connectivity index (χ1v) is 9.45. The van der Waals surface area contributed by atoms with Crippen LogP contribution in [0.2, 0.25) is 0 Å². The van der Waals surface area contributed by atoms with Gasteiger partial charge in [0.25, 0.3) is 5.91 Å². The quantitative estimate of drug-likeness (QED) is 0.606. The Hall–Kier alpha value is -3.45. The zero-order valence-electron chi connectivity index (χ0n) is 16.3. The van der Waals surface area contributed by atoms with Crippen LogP contribution in [0.25, 0.3) is 0 Å². The minimum atomic E-state index is -0.323. The number of benzene rings is 2. The van der Waals surface area contributed by atoms with Crippen LogP contribution in [0.15, 0.2) is 72.9 Å². The Kier molecular flexibility index (Phi) is 6.76. The second kappa shape index (κ2) is 9.66. The first-order valence-electron chi connectivity index (χ1n) is 9.04. The molecule has 0 aliphatic rings. The number of carbonyl (C=O) groups excluding carboxylic acids is 1. The van der Waals surface area contributed by atoms with Crippen LogP contribution in [-0.4, -0.2) is 30.1 Å². The number of nitrogens with zero attached hydrogens (tertiary/aromatic N) is 2. The Labute approximate surface area is 175 Å². The molecule has 0 aliphatic heterocycles. The van der Waals surface area contributed by atoms with E-state index in [-0.39, 0.29) is 11.0 Å². The summed E-state index contributed by atoms with van der Waals surface area (Å²) in [6, 6.07) is 20.8. The first kappa shape index (κ1) is 20.3. The van der Waals surface area contributed by atoms with Crippen LogP contribution in [0.1, 0.15) is 15.9 Å². The van der Waals surface area contributed by atoms with E-state index in [1.807, 2.05) is 68.7 Å². The molecular weight excluding hydrogens is 384 g/mol. The fourth-order valence-corrected chi connectivity index (χ4v) is 2.88. The van der Waals surface area contributed by atoms with E-state index in [1.165, 1.54) is 0 Å². The number of hydrogen-bond acceptors (Lipinski definition) is 5. The summed E-state index contributed by atoms with van der Waals surface area (Å²) in [6.07, 6.45) is 1.64. The van der Waals surface area contributed by atoms with Crippen LogP contribution in [-0.2, 0) is 6.61 Å². The summed E-state index contributed by atoms with van der Waals surface area (Å²) in [5.41, 5.74) is 2.25. The maximum absolute atomic E-state index is 12.6. The van der Waals surface area contributed by atoms with Crippen molar-refractivity contribution in [2.75, 3.05) is 24.3 Å². The molecule has 3 aromatic rings. The van der Waals surface area contributed by atoms with Gasteiger partial charge in [0.1, 0.15) is 18.2 Å². The minimum Gasteiger partial charge on any atom is -0.489 e. The zero-order chi connectivity index (χ0) is 20.6. The van der Waals surface area contributed by atoms with Crippen LogP contribution in [0.4, 0.5) is 11.5 Å². The molecule has 1 aromatic heterocycles. The predicted octanol–water partition coefficient (Wildman–Crippen LogP) is 3.85. The van der Waals surface area contributed by atoms with Crippen molar-refractivity contribution < 1.29 is 9.53 Å². The SMILES string of the molecule is CN(C)c1ncccc1C(=O)NC(=S)Nc1cccc(OCc2ccccc2)c1. The van der Waals surface area contributed by atoms with Gasteiger partial charge in [0.2, 0.25) is 0 Å². The van der Waals surface area contributed by atoms with E-state index in [0.29, 0.717) is 23.7 Å². The highest BCUT2D eigenvalue weighted by molar-refractivity contribution is 7.80. The van der Waals surface area contributed by atoms with Gasteiger partial charge in [0, 0.05) is 32.0 Å². The average molecular weight is 407 g/mol. The fraction of sp³-hybridized carbons (Fsp3) is 0.136. The molecule has 6 nitrogen and oxygen atoms in total. The standard InChI is InChI=1S/C22H22N4O2S/c1-26(2)20-19(12-7-13-23-20)21(27)25-22(29)24-17-10-6-11-18(14-17)28-15-16-8-4-3-5-9-16/h3-14H,15H2,1-2H3,(H2,24,25,27,29). The molecule has 0 atom stereocenters. The monoisotopic (exact) mass is 406 g/mol. The molecule has 0 radical (unpaired) electrons. The Morgan fingerprint density at radius 2 is 1.86 bits per heavy atom. The molecule has 7 heteroatoms. The molecule has 0 bridgehead atoms. The summed E-state index contributed by atoms with van der Waals surface area (Å²) < 4.78 is 5.82. The van der Waals surface area contributed by atoms with E-state index < -0.39 is 0 Å². The molecule has 2 N–H and O–H groups in total. The lowest BCUT2D eigenvalue weighted by molar-refractivity contribution is 0.0978. The lowest BCUT2D eigenvalue weighted by atomic mass is 10.2. The number of thiocarbonyl (C=S) groups is 1. The van der Waals surface area contributed by atoms with E-state index in [4.69, 9.17) is 17.0 Å². The third kappa shape index (κ3) is 5.76. The molecule has 3 rings (SSSR count). The van der Waals surface area contributed by atoms with Crippen molar-refractivity contribution >= 4 is 34.7 Å². The lowest BCUT2D eigenvalue weighted by Crippen LogP contribution is -2.35. The molecule has 29 heavy (non-hydrogen) atoms. The van der Waals surface area contributed by atoms with Crippen LogP contribution >= 0.6 is 12.2 Å². The van der Waals surface area contributed by atoms with Gasteiger partial charge in [0.15, 0.2) is 5.11 Å². The van der Waals surface area contributed by atoms with Crippen molar-refractivity contribution in [2.24, 2.45) is 0 Å². The maximum Gasteiger partial charge on any atom is 0.261 e. The Morgan fingerprint density at radius 3 is 2.62 bits per heavy atom.